The van der Waals surface area contributed by atoms with Crippen molar-refractivity contribution in [2.45, 2.75) is 44.7 Å². The summed E-state index contributed by atoms with van der Waals surface area (Å²) in [4.78, 5) is 30.9. The van der Waals surface area contributed by atoms with Gasteiger partial charge in [0.05, 0.1) is 19.8 Å². The van der Waals surface area contributed by atoms with Gasteiger partial charge in [0.25, 0.3) is 5.91 Å². The van der Waals surface area contributed by atoms with E-state index in [1.807, 2.05) is 24.0 Å². The molecule has 0 bridgehead atoms. The van der Waals surface area contributed by atoms with E-state index in [9.17, 15) is 9.59 Å². The minimum Gasteiger partial charge on any atom is -0.450 e. The Kier molecular flexibility index (Phi) is 9.62. The lowest BCUT2D eigenvalue weighted by Crippen LogP contribution is -2.50. The maximum atomic E-state index is 12.5. The Morgan fingerprint density at radius 2 is 1.57 bits per heavy atom. The monoisotopic (exact) mass is 487 g/mol. The highest BCUT2D eigenvalue weighted by atomic mass is 16.6. The van der Waals surface area contributed by atoms with E-state index in [0.29, 0.717) is 30.8 Å². The van der Waals surface area contributed by atoms with Crippen LogP contribution < -0.4 is 15.5 Å². The molecular formula is C26H41N5O4. The first kappa shape index (κ1) is 25.7. The standard InChI is InChI=1S/C26H41N5O4/c1-2-35-26(33)31-14-9-23(10-15-31)28-22-7-12-30(13-8-22)24-5-3-21(4-6-24)25(32)27-11-16-29-17-19-34-20-18-29/h3-6,22-23,28H,2,7-20H2,1H3,(H,27,32). The van der Waals surface area contributed by atoms with Crippen molar-refractivity contribution in [3.63, 3.8) is 0 Å². The van der Waals surface area contributed by atoms with Crippen molar-refractivity contribution in [2.75, 3.05) is 77.1 Å². The molecule has 3 heterocycles. The maximum Gasteiger partial charge on any atom is 0.409 e. The average molecular weight is 488 g/mol. The van der Waals surface area contributed by atoms with Crippen molar-refractivity contribution in [3.05, 3.63) is 29.8 Å². The summed E-state index contributed by atoms with van der Waals surface area (Å²) >= 11 is 0. The lowest BCUT2D eigenvalue weighted by molar-refractivity contribution is 0.0383. The van der Waals surface area contributed by atoms with Crippen LogP contribution in [-0.2, 0) is 9.47 Å². The summed E-state index contributed by atoms with van der Waals surface area (Å²) < 4.78 is 10.5. The van der Waals surface area contributed by atoms with E-state index in [2.05, 4.69) is 32.6 Å². The van der Waals surface area contributed by atoms with Gasteiger partial charge in [-0.3, -0.25) is 9.69 Å². The molecule has 9 heteroatoms. The molecule has 35 heavy (non-hydrogen) atoms. The predicted molar refractivity (Wildman–Crippen MR) is 136 cm³/mol. The van der Waals surface area contributed by atoms with E-state index in [0.717, 1.165) is 84.7 Å². The van der Waals surface area contributed by atoms with Crippen LogP contribution in [0.4, 0.5) is 10.5 Å². The van der Waals surface area contributed by atoms with Crippen LogP contribution in [0, 0.1) is 0 Å². The van der Waals surface area contributed by atoms with Crippen molar-refractivity contribution >= 4 is 17.7 Å². The number of hydrogen-bond donors (Lipinski definition) is 2. The number of hydrogen-bond acceptors (Lipinski definition) is 7. The van der Waals surface area contributed by atoms with Gasteiger partial charge >= 0.3 is 6.09 Å². The second-order valence-electron chi connectivity index (χ2n) is 9.65. The number of anilines is 1. The van der Waals surface area contributed by atoms with Crippen LogP contribution in [0.25, 0.3) is 0 Å². The third-order valence-electron chi connectivity index (χ3n) is 7.30. The van der Waals surface area contributed by atoms with E-state index < -0.39 is 0 Å². The Labute approximate surface area is 209 Å². The smallest absolute Gasteiger partial charge is 0.409 e. The first-order valence-corrected chi connectivity index (χ1v) is 13.2. The summed E-state index contributed by atoms with van der Waals surface area (Å²) in [5.41, 5.74) is 1.89. The fraction of sp³-hybridized carbons (Fsp3) is 0.692. The zero-order chi connectivity index (χ0) is 24.5. The van der Waals surface area contributed by atoms with Crippen LogP contribution in [0.3, 0.4) is 0 Å². The highest BCUT2D eigenvalue weighted by Gasteiger charge is 2.27. The van der Waals surface area contributed by atoms with Gasteiger partial charge in [-0.15, -0.1) is 0 Å². The molecule has 3 saturated heterocycles. The Bertz CT molecular complexity index is 798. The van der Waals surface area contributed by atoms with Gasteiger partial charge in [0.1, 0.15) is 0 Å². The summed E-state index contributed by atoms with van der Waals surface area (Å²) in [5, 5.41) is 6.85. The number of piperidine rings is 2. The zero-order valence-electron chi connectivity index (χ0n) is 21.0. The number of nitrogens with zero attached hydrogens (tertiary/aromatic N) is 3. The zero-order valence-corrected chi connectivity index (χ0v) is 21.0. The number of rotatable bonds is 8. The van der Waals surface area contributed by atoms with Gasteiger partial charge in [-0.25, -0.2) is 4.79 Å². The van der Waals surface area contributed by atoms with Gasteiger partial charge in [-0.05, 0) is 56.9 Å². The quantitative estimate of drug-likeness (QED) is 0.580. The molecule has 3 aliphatic heterocycles. The minimum absolute atomic E-state index is 0.0123. The number of benzene rings is 1. The normalized spacial score (nSPS) is 20.6. The first-order chi connectivity index (χ1) is 17.1. The Morgan fingerprint density at radius 1 is 0.943 bits per heavy atom. The number of carbonyl (C=O) groups is 2. The van der Waals surface area contributed by atoms with E-state index in [1.54, 1.807) is 0 Å². The van der Waals surface area contributed by atoms with E-state index >= 15 is 0 Å². The van der Waals surface area contributed by atoms with Crippen molar-refractivity contribution in [3.8, 4) is 0 Å². The molecule has 0 saturated carbocycles. The minimum atomic E-state index is -0.184. The molecule has 1 aromatic rings. The van der Waals surface area contributed by atoms with Gasteiger partial charge in [-0.2, -0.15) is 0 Å². The molecule has 0 aliphatic carbocycles. The number of morpholine rings is 1. The lowest BCUT2D eigenvalue weighted by Gasteiger charge is -2.38. The SMILES string of the molecule is CCOC(=O)N1CCC(NC2CCN(c3ccc(C(=O)NCCN4CCOCC4)cc3)CC2)CC1. The molecule has 2 amide bonds. The molecule has 3 aliphatic rings. The van der Waals surface area contributed by atoms with Gasteiger partial charge < -0.3 is 29.9 Å². The van der Waals surface area contributed by atoms with Crippen LogP contribution >= 0.6 is 0 Å². The van der Waals surface area contributed by atoms with Crippen LogP contribution in [0.5, 0.6) is 0 Å². The van der Waals surface area contributed by atoms with E-state index in [1.165, 1.54) is 5.69 Å². The molecule has 0 unspecified atom stereocenters. The van der Waals surface area contributed by atoms with Crippen molar-refractivity contribution in [1.29, 1.82) is 0 Å². The first-order valence-electron chi connectivity index (χ1n) is 13.2. The number of likely N-dealkylation sites (tertiary alicyclic amines) is 1. The summed E-state index contributed by atoms with van der Waals surface area (Å²) in [7, 11) is 0. The van der Waals surface area contributed by atoms with Crippen molar-refractivity contribution in [2.24, 2.45) is 0 Å². The Balaban J connectivity index is 1.14. The van der Waals surface area contributed by atoms with Crippen LogP contribution in [-0.4, -0.2) is 106 Å². The number of amides is 2. The van der Waals surface area contributed by atoms with Gasteiger partial charge in [0, 0.05) is 75.7 Å². The molecule has 0 radical (unpaired) electrons. The van der Waals surface area contributed by atoms with Gasteiger partial charge in [0.15, 0.2) is 0 Å². The third-order valence-corrected chi connectivity index (χ3v) is 7.30. The average Bonchev–Trinajstić information content (AvgIpc) is 2.90. The summed E-state index contributed by atoms with van der Waals surface area (Å²) in [6.45, 7) is 10.8. The largest absolute Gasteiger partial charge is 0.450 e. The summed E-state index contributed by atoms with van der Waals surface area (Å²) in [5.74, 6) is -0.0123. The third kappa shape index (κ3) is 7.56. The van der Waals surface area contributed by atoms with Crippen molar-refractivity contribution in [1.82, 2.24) is 20.4 Å². The Morgan fingerprint density at radius 3 is 2.20 bits per heavy atom. The van der Waals surface area contributed by atoms with Gasteiger partial charge in [0.2, 0.25) is 0 Å². The predicted octanol–water partition coefficient (Wildman–Crippen LogP) is 1.93. The fourth-order valence-electron chi connectivity index (χ4n) is 5.16. The molecule has 2 N–H and O–H groups in total. The van der Waals surface area contributed by atoms with E-state index in [-0.39, 0.29) is 12.0 Å². The molecule has 0 spiro atoms. The molecule has 194 valence electrons. The summed E-state index contributed by atoms with van der Waals surface area (Å²) in [6, 6.07) is 8.98. The maximum absolute atomic E-state index is 12.5. The molecule has 3 fully saturated rings. The van der Waals surface area contributed by atoms with Gasteiger partial charge in [-0.1, -0.05) is 0 Å². The van der Waals surface area contributed by atoms with Crippen LogP contribution in [0.15, 0.2) is 24.3 Å². The van der Waals surface area contributed by atoms with Crippen LogP contribution in [0.2, 0.25) is 0 Å². The Hall–Kier alpha value is -2.36. The molecule has 0 atom stereocenters. The van der Waals surface area contributed by atoms with Crippen LogP contribution in [0.1, 0.15) is 43.0 Å². The molecule has 9 nitrogen and oxygen atoms in total. The van der Waals surface area contributed by atoms with E-state index in [4.69, 9.17) is 9.47 Å². The lowest BCUT2D eigenvalue weighted by atomic mass is 9.99. The molecular weight excluding hydrogens is 446 g/mol. The number of carbonyl (C=O) groups excluding carboxylic acids is 2. The second-order valence-corrected chi connectivity index (χ2v) is 9.65. The second kappa shape index (κ2) is 13.1. The fourth-order valence-corrected chi connectivity index (χ4v) is 5.16. The number of ether oxygens (including phenoxy) is 2. The number of nitrogens with one attached hydrogen (secondary N) is 2. The van der Waals surface area contributed by atoms with Crippen molar-refractivity contribution < 1.29 is 19.1 Å². The topological polar surface area (TPSA) is 86.4 Å². The molecule has 1 aromatic carbocycles. The summed E-state index contributed by atoms with van der Waals surface area (Å²) in [6.07, 6.45) is 3.98. The molecule has 0 aromatic heterocycles. The highest BCUT2D eigenvalue weighted by molar-refractivity contribution is 5.94. The highest BCUT2D eigenvalue weighted by Crippen LogP contribution is 2.22. The molecule has 4 rings (SSSR count).